The first-order chi connectivity index (χ1) is 29.0. The summed E-state index contributed by atoms with van der Waals surface area (Å²) in [5.41, 5.74) is 7.90. The van der Waals surface area contributed by atoms with E-state index in [0.717, 1.165) is 18.4 Å². The number of hydrogen-bond donors (Lipinski definition) is 0. The van der Waals surface area contributed by atoms with E-state index in [2.05, 4.69) is 182 Å². The molecule has 6 aromatic rings. The normalized spacial score (nSPS) is 11.2. The van der Waals surface area contributed by atoms with Gasteiger partial charge in [0, 0.05) is 5.56 Å². The van der Waals surface area contributed by atoms with Crippen molar-refractivity contribution in [3.05, 3.63) is 213 Å². The molecule has 7 rings (SSSR count). The van der Waals surface area contributed by atoms with Crippen LogP contribution in [0.25, 0.3) is 0 Å². The van der Waals surface area contributed by atoms with Crippen LogP contribution >= 0.6 is 0 Å². The molecule has 1 saturated carbocycles. The molecule has 0 atom stereocenters. The number of carbonyl (C=O) groups is 1. The van der Waals surface area contributed by atoms with Gasteiger partial charge < -0.3 is 7.43 Å². The Hall–Kier alpha value is -2.68. The number of halogens is 2. The second-order valence-corrected chi connectivity index (χ2v) is 24.2. The van der Waals surface area contributed by atoms with Crippen LogP contribution in [0.3, 0.4) is 0 Å². The molecule has 0 spiro atoms. The van der Waals surface area contributed by atoms with Crippen molar-refractivity contribution < 1.29 is 64.3 Å². The maximum atomic E-state index is 11.5. The van der Waals surface area contributed by atoms with Crippen LogP contribution in [0.1, 0.15) is 124 Å². The van der Waals surface area contributed by atoms with Gasteiger partial charge in [-0.2, -0.15) is 0 Å². The summed E-state index contributed by atoms with van der Waals surface area (Å²) in [6, 6.07) is 56.2. The Bertz CT molecular complexity index is 2000. The number of hydrogen-bond acceptors (Lipinski definition) is 1. The molecule has 0 saturated heterocycles. The monoisotopic (exact) mass is 1120 g/mol. The molecule has 1 aliphatic carbocycles. The van der Waals surface area contributed by atoms with Crippen molar-refractivity contribution in [3.8, 4) is 0 Å². The van der Waals surface area contributed by atoms with E-state index in [4.69, 9.17) is 0 Å². The molecule has 6 aromatic carbocycles. The number of carbonyl (C=O) groups excluding carboxylic acids is 1. The zero-order valence-corrected chi connectivity index (χ0v) is 45.5. The third kappa shape index (κ3) is 24.4. The van der Waals surface area contributed by atoms with Gasteiger partial charge in [0.25, 0.3) is 0 Å². The molecule has 0 aliphatic heterocycles. The summed E-state index contributed by atoms with van der Waals surface area (Å²) < 4.78 is 6.01. The first-order valence-corrected chi connectivity index (χ1v) is 28.3. The fraction of sp³-hybridized carbons (Fsp3) is 0.333. The Morgan fingerprint density at radius 2 is 0.903 bits per heavy atom. The zero-order valence-electron chi connectivity index (χ0n) is 39.2. The van der Waals surface area contributed by atoms with Crippen LogP contribution in [0.15, 0.2) is 158 Å². The van der Waals surface area contributed by atoms with Gasteiger partial charge in [0.15, 0.2) is 20.0 Å². The quantitative estimate of drug-likeness (QED) is 0.0417. The Kier molecular flexibility index (Phi) is 31.2. The van der Waals surface area contributed by atoms with Crippen molar-refractivity contribution >= 4 is 16.7 Å². The van der Waals surface area contributed by atoms with Gasteiger partial charge in [0.1, 0.15) is 0 Å². The molecule has 0 radical (unpaired) electrons. The summed E-state index contributed by atoms with van der Waals surface area (Å²) >= 11 is -0.0282. The summed E-state index contributed by atoms with van der Waals surface area (Å²) in [6.45, 7) is 15.5. The van der Waals surface area contributed by atoms with Crippen molar-refractivity contribution in [2.75, 3.05) is 18.3 Å². The van der Waals surface area contributed by atoms with Crippen LogP contribution in [0.4, 0.5) is 0 Å². The number of rotatable bonds is 11. The third-order valence-corrected chi connectivity index (χ3v) is 16.0. The van der Waals surface area contributed by atoms with E-state index in [1.807, 2.05) is 36.4 Å². The topological polar surface area (TPSA) is 17.1 Å². The molecule has 332 valence electrons. The van der Waals surface area contributed by atoms with Gasteiger partial charge in [-0.25, -0.2) is 0 Å². The van der Waals surface area contributed by atoms with Crippen LogP contribution in [0, 0.1) is 28.6 Å². The largest absolute Gasteiger partial charge is 2.00 e. The van der Waals surface area contributed by atoms with Gasteiger partial charge in [0.2, 0.25) is 5.78 Å². The molecule has 0 heterocycles. The molecule has 0 bridgehead atoms. The fourth-order valence-corrected chi connectivity index (χ4v) is 11.4. The van der Waals surface area contributed by atoms with Crippen molar-refractivity contribution in [2.45, 2.75) is 105 Å². The molecular weight excluding hydrogens is 1040 g/mol. The van der Waals surface area contributed by atoms with Gasteiger partial charge in [0.05, 0.1) is 12.5 Å². The molecule has 5 heteroatoms. The SMILES string of the molecule is C1CCCC1.CC(C)c1ccccc1.CCc1ccc([I+]c2ccc(C(C)C)cc2)cc1.CCc1ccc([I+]c2cccc(C)c2)cc1.C[S+](C)CC(=O)c1ccccc1.[CH3-].[Fe+2]. The molecule has 62 heavy (non-hydrogen) atoms. The van der Waals surface area contributed by atoms with Crippen molar-refractivity contribution in [1.29, 1.82) is 0 Å². The molecule has 1 nitrogen and oxygen atoms in total. The van der Waals surface area contributed by atoms with Crippen LogP contribution in [0.5, 0.6) is 0 Å². The minimum Gasteiger partial charge on any atom is -0.358 e. The Labute approximate surface area is 413 Å². The molecule has 0 aromatic heterocycles. The Balaban J connectivity index is 0.000000403. The first-order valence-electron chi connectivity index (χ1n) is 21.8. The molecule has 1 aliphatic rings. The standard InChI is InChI=1S/C17H20I.C15H16I.C10H13OS.C9H12.C5H10.CH3.Fe/c1-4-14-5-9-16(10-6-14)18-17-11-7-15(8-12-17)13(2)3;1-3-13-7-9-14(10-8-13)16-15-6-4-5-12(2)11-15;1-12(2)8-10(11)9-6-4-3-5-7-9;1-8(2)9-6-4-3-5-7-9;1-2-4-5-3-1;;/h5-13H,4H2,1-3H3;4-11H,3H2,1-2H3;3-7H,8H2,1-2H3;3-8H,1-2H3;1-5H2;1H3;/q3*+1;;;-1;+2. The minimum atomic E-state index is -0.0220. The fourth-order valence-electron chi connectivity index (χ4n) is 6.08. The van der Waals surface area contributed by atoms with Gasteiger partial charge in [-0.05, 0) is 119 Å². The van der Waals surface area contributed by atoms with Gasteiger partial charge in [-0.15, -0.1) is 0 Å². The number of aryl methyl sites for hydroxylation is 3. The molecule has 0 amide bonds. The predicted octanol–water partition coefficient (Wildman–Crippen LogP) is 9.14. The van der Waals surface area contributed by atoms with E-state index in [1.165, 1.54) is 74.2 Å². The number of Topliss-reactive ketones (excluding diaryl/α,β-unsaturated/α-hetero) is 1. The van der Waals surface area contributed by atoms with Crippen molar-refractivity contribution in [3.63, 3.8) is 0 Å². The summed E-state index contributed by atoms with van der Waals surface area (Å²) in [5.74, 6) is 2.21. The number of benzene rings is 6. The Morgan fingerprint density at radius 1 is 0.516 bits per heavy atom. The predicted molar refractivity (Wildman–Crippen MR) is 263 cm³/mol. The van der Waals surface area contributed by atoms with E-state index < -0.39 is 0 Å². The van der Waals surface area contributed by atoms with Crippen LogP contribution in [-0.2, 0) is 40.8 Å². The van der Waals surface area contributed by atoms with Crippen LogP contribution in [-0.4, -0.2) is 24.0 Å². The molecule has 1 fully saturated rings. The number of ketones is 1. The first kappa shape index (κ1) is 57.3. The summed E-state index contributed by atoms with van der Waals surface area (Å²) in [6.07, 6.45) is 13.9. The van der Waals surface area contributed by atoms with Crippen molar-refractivity contribution in [2.24, 2.45) is 0 Å². The Morgan fingerprint density at radius 3 is 1.27 bits per heavy atom. The second kappa shape index (κ2) is 33.8. The average Bonchev–Trinajstić information content (AvgIpc) is 3.87. The van der Waals surface area contributed by atoms with Gasteiger partial charge in [-0.3, -0.25) is 4.79 Å². The van der Waals surface area contributed by atoms with E-state index in [1.54, 1.807) is 0 Å². The third-order valence-electron chi connectivity index (χ3n) is 9.83. The van der Waals surface area contributed by atoms with E-state index in [9.17, 15) is 4.79 Å². The maximum absolute atomic E-state index is 11.5. The summed E-state index contributed by atoms with van der Waals surface area (Å²) in [4.78, 5) is 11.5. The zero-order chi connectivity index (χ0) is 43.5. The average molecular weight is 1120 g/mol. The van der Waals surface area contributed by atoms with Gasteiger partial charge in [-0.1, -0.05) is 183 Å². The van der Waals surface area contributed by atoms with E-state index in [0.29, 0.717) is 17.6 Å². The minimum absolute atomic E-state index is 0. The van der Waals surface area contributed by atoms with Crippen LogP contribution in [0.2, 0.25) is 0 Å². The van der Waals surface area contributed by atoms with Gasteiger partial charge >= 0.3 is 59.5 Å². The van der Waals surface area contributed by atoms with E-state index in [-0.39, 0.29) is 83.6 Å². The summed E-state index contributed by atoms with van der Waals surface area (Å²) in [7, 11) is 0.204. The summed E-state index contributed by atoms with van der Waals surface area (Å²) in [5, 5.41) is 0. The van der Waals surface area contributed by atoms with Crippen LogP contribution < -0.4 is 42.4 Å². The molecular formula is C57H74FeI2OS+4. The molecule has 0 N–H and O–H groups in total. The van der Waals surface area contributed by atoms with E-state index >= 15 is 0 Å². The van der Waals surface area contributed by atoms with Crippen molar-refractivity contribution in [1.82, 2.24) is 0 Å². The molecule has 0 unspecified atom stereocenters. The smallest absolute Gasteiger partial charge is 0.358 e. The maximum Gasteiger partial charge on any atom is 2.00 e. The second-order valence-electron chi connectivity index (χ2n) is 15.9.